The Bertz CT molecular complexity index is 1080. The second kappa shape index (κ2) is 8.41. The summed E-state index contributed by atoms with van der Waals surface area (Å²) >= 11 is 7.45. The zero-order chi connectivity index (χ0) is 19.3. The van der Waals surface area contributed by atoms with Gasteiger partial charge in [-0.3, -0.25) is 9.55 Å². The van der Waals surface area contributed by atoms with Gasteiger partial charge in [0.25, 0.3) is 0 Å². The number of benzene rings is 1. The van der Waals surface area contributed by atoms with E-state index in [0.29, 0.717) is 29.0 Å². The van der Waals surface area contributed by atoms with Crippen molar-refractivity contribution in [3.63, 3.8) is 0 Å². The fourth-order valence-corrected chi connectivity index (χ4v) is 3.58. The monoisotopic (exact) mass is 409 g/mol. The molecular formula is C20H16ClN5OS. The molecule has 140 valence electrons. The maximum atomic E-state index is 5.93. The molecule has 0 bridgehead atoms. The summed E-state index contributed by atoms with van der Waals surface area (Å²) in [6, 6.07) is 11.3. The number of thioether (sulfide) groups is 1. The maximum absolute atomic E-state index is 5.93. The number of nitrogens with zero attached hydrogens (tertiary/aromatic N) is 5. The Balaban J connectivity index is 1.52. The van der Waals surface area contributed by atoms with Gasteiger partial charge in [-0.25, -0.2) is 4.98 Å². The molecule has 4 aromatic rings. The van der Waals surface area contributed by atoms with E-state index in [4.69, 9.17) is 16.0 Å². The summed E-state index contributed by atoms with van der Waals surface area (Å²) in [6.45, 7) is 4.44. The minimum atomic E-state index is 0.541. The highest BCUT2D eigenvalue weighted by Crippen LogP contribution is 2.28. The normalized spacial score (nSPS) is 10.9. The van der Waals surface area contributed by atoms with Crippen LogP contribution >= 0.6 is 23.4 Å². The van der Waals surface area contributed by atoms with Crippen LogP contribution in [0.3, 0.4) is 0 Å². The summed E-state index contributed by atoms with van der Waals surface area (Å²) in [7, 11) is 0. The molecule has 0 unspecified atom stereocenters. The summed E-state index contributed by atoms with van der Waals surface area (Å²) in [5, 5.41) is 10.1. The average molecular weight is 410 g/mol. The van der Waals surface area contributed by atoms with Gasteiger partial charge in [0.15, 0.2) is 16.7 Å². The van der Waals surface area contributed by atoms with Gasteiger partial charge in [0.2, 0.25) is 5.89 Å². The zero-order valence-electron chi connectivity index (χ0n) is 14.8. The van der Waals surface area contributed by atoms with E-state index in [0.717, 1.165) is 22.1 Å². The first-order valence-corrected chi connectivity index (χ1v) is 9.89. The number of halogens is 1. The molecule has 28 heavy (non-hydrogen) atoms. The van der Waals surface area contributed by atoms with E-state index in [-0.39, 0.29) is 0 Å². The van der Waals surface area contributed by atoms with Gasteiger partial charge in [0, 0.05) is 35.1 Å². The van der Waals surface area contributed by atoms with E-state index >= 15 is 0 Å². The van der Waals surface area contributed by atoms with Crippen LogP contribution in [0.15, 0.2) is 77.2 Å². The average Bonchev–Trinajstić information content (AvgIpc) is 3.35. The highest BCUT2D eigenvalue weighted by Gasteiger charge is 2.15. The summed E-state index contributed by atoms with van der Waals surface area (Å²) < 4.78 is 7.87. The smallest absolute Gasteiger partial charge is 0.205 e. The molecule has 0 amide bonds. The third-order valence-corrected chi connectivity index (χ3v) is 5.18. The first-order chi connectivity index (χ1) is 13.7. The Kier molecular flexibility index (Phi) is 5.55. The summed E-state index contributed by atoms with van der Waals surface area (Å²) in [5.74, 6) is 2.64. The predicted molar refractivity (Wildman–Crippen MR) is 110 cm³/mol. The van der Waals surface area contributed by atoms with Gasteiger partial charge in [-0.1, -0.05) is 29.4 Å². The summed E-state index contributed by atoms with van der Waals surface area (Å²) in [6.07, 6.45) is 7.01. The molecular weight excluding hydrogens is 394 g/mol. The Labute approximate surface area is 171 Å². The van der Waals surface area contributed by atoms with E-state index in [9.17, 15) is 0 Å². The van der Waals surface area contributed by atoms with Crippen LogP contribution in [-0.2, 0) is 12.3 Å². The van der Waals surface area contributed by atoms with Gasteiger partial charge in [-0.15, -0.1) is 16.8 Å². The molecule has 0 saturated carbocycles. The van der Waals surface area contributed by atoms with E-state index in [2.05, 4.69) is 26.7 Å². The second-order valence-corrected chi connectivity index (χ2v) is 7.23. The number of hydrogen-bond donors (Lipinski definition) is 0. The SMILES string of the molecule is C=CCn1c(SCc2ncc(-c3ccc(Cl)cc3)o2)nnc1-c1ccncc1. The lowest BCUT2D eigenvalue weighted by Gasteiger charge is -2.06. The van der Waals surface area contributed by atoms with Crippen LogP contribution in [0.4, 0.5) is 0 Å². The number of pyridine rings is 1. The Morgan fingerprint density at radius 1 is 1.07 bits per heavy atom. The second-order valence-electron chi connectivity index (χ2n) is 5.86. The minimum absolute atomic E-state index is 0.541. The van der Waals surface area contributed by atoms with Crippen molar-refractivity contribution >= 4 is 23.4 Å². The summed E-state index contributed by atoms with van der Waals surface area (Å²) in [4.78, 5) is 8.41. The van der Waals surface area contributed by atoms with E-state index < -0.39 is 0 Å². The lowest BCUT2D eigenvalue weighted by molar-refractivity contribution is 0.529. The van der Waals surface area contributed by atoms with Crippen molar-refractivity contribution in [1.82, 2.24) is 24.7 Å². The third kappa shape index (κ3) is 4.00. The number of hydrogen-bond acceptors (Lipinski definition) is 6. The van der Waals surface area contributed by atoms with E-state index in [1.54, 1.807) is 18.6 Å². The van der Waals surface area contributed by atoms with Crippen molar-refractivity contribution < 1.29 is 4.42 Å². The molecule has 8 heteroatoms. The van der Waals surface area contributed by atoms with Crippen LogP contribution in [0.1, 0.15) is 5.89 Å². The molecule has 1 aromatic carbocycles. The highest BCUT2D eigenvalue weighted by molar-refractivity contribution is 7.98. The fraction of sp³-hybridized carbons (Fsp3) is 0.100. The Hall–Kier alpha value is -2.90. The van der Waals surface area contributed by atoms with Crippen LogP contribution in [0.25, 0.3) is 22.7 Å². The number of aromatic nitrogens is 5. The van der Waals surface area contributed by atoms with Crippen molar-refractivity contribution in [3.05, 3.63) is 78.6 Å². The topological polar surface area (TPSA) is 69.6 Å². The van der Waals surface area contributed by atoms with Gasteiger partial charge in [-0.05, 0) is 36.4 Å². The lowest BCUT2D eigenvalue weighted by atomic mass is 10.2. The first-order valence-electron chi connectivity index (χ1n) is 8.52. The van der Waals surface area contributed by atoms with Crippen LogP contribution in [0.2, 0.25) is 5.02 Å². The van der Waals surface area contributed by atoms with E-state index in [1.807, 2.05) is 47.0 Å². The quantitative estimate of drug-likeness (QED) is 0.311. The van der Waals surface area contributed by atoms with Crippen molar-refractivity contribution in [2.45, 2.75) is 17.5 Å². The fourth-order valence-electron chi connectivity index (χ4n) is 2.65. The molecule has 0 fully saturated rings. The molecule has 3 aromatic heterocycles. The molecule has 0 saturated heterocycles. The van der Waals surface area contributed by atoms with Crippen LogP contribution in [0, 0.1) is 0 Å². The van der Waals surface area contributed by atoms with E-state index in [1.165, 1.54) is 11.8 Å². The minimum Gasteiger partial charge on any atom is -0.440 e. The predicted octanol–water partition coefficient (Wildman–Crippen LogP) is 5.13. The van der Waals surface area contributed by atoms with Crippen molar-refractivity contribution in [2.75, 3.05) is 0 Å². The van der Waals surface area contributed by atoms with Gasteiger partial charge in [-0.2, -0.15) is 0 Å². The standard InChI is InChI=1S/C20H16ClN5OS/c1-2-11-26-19(15-7-9-22-10-8-15)24-25-20(26)28-13-18-23-12-17(27-18)14-3-5-16(21)6-4-14/h2-10,12H,1,11,13H2. The summed E-state index contributed by atoms with van der Waals surface area (Å²) in [5.41, 5.74) is 1.89. The molecule has 0 spiro atoms. The van der Waals surface area contributed by atoms with Crippen LogP contribution in [-0.4, -0.2) is 24.7 Å². The van der Waals surface area contributed by atoms with Gasteiger partial charge in [0.1, 0.15) is 0 Å². The van der Waals surface area contributed by atoms with Crippen molar-refractivity contribution in [2.24, 2.45) is 0 Å². The molecule has 0 N–H and O–H groups in total. The third-order valence-electron chi connectivity index (χ3n) is 3.97. The van der Waals surface area contributed by atoms with Crippen molar-refractivity contribution in [1.29, 1.82) is 0 Å². The zero-order valence-corrected chi connectivity index (χ0v) is 16.4. The molecule has 6 nitrogen and oxygen atoms in total. The molecule has 0 aliphatic heterocycles. The number of oxazole rings is 1. The van der Waals surface area contributed by atoms with Crippen molar-refractivity contribution in [3.8, 4) is 22.7 Å². The van der Waals surface area contributed by atoms with Crippen LogP contribution < -0.4 is 0 Å². The lowest BCUT2D eigenvalue weighted by Crippen LogP contribution is -2.00. The number of rotatable bonds is 7. The molecule has 3 heterocycles. The van der Waals surface area contributed by atoms with Crippen LogP contribution in [0.5, 0.6) is 0 Å². The maximum Gasteiger partial charge on any atom is 0.205 e. The largest absolute Gasteiger partial charge is 0.440 e. The Morgan fingerprint density at radius 2 is 1.86 bits per heavy atom. The van der Waals surface area contributed by atoms with Gasteiger partial charge < -0.3 is 4.42 Å². The first kappa shape index (κ1) is 18.5. The molecule has 0 atom stereocenters. The Morgan fingerprint density at radius 3 is 2.61 bits per heavy atom. The van der Waals surface area contributed by atoms with Gasteiger partial charge in [0.05, 0.1) is 11.9 Å². The molecule has 0 radical (unpaired) electrons. The number of allylic oxidation sites excluding steroid dienone is 1. The molecule has 4 rings (SSSR count). The molecule has 0 aliphatic carbocycles. The molecule has 0 aliphatic rings. The van der Waals surface area contributed by atoms with Gasteiger partial charge >= 0.3 is 0 Å². The highest BCUT2D eigenvalue weighted by atomic mass is 35.5.